The second-order valence-electron chi connectivity index (χ2n) is 4.53. The van der Waals surface area contributed by atoms with Crippen LogP contribution in [0.15, 0.2) is 54.6 Å². The van der Waals surface area contributed by atoms with Gasteiger partial charge in [0.25, 0.3) is 0 Å². The number of hydrogen-bond donors (Lipinski definition) is 1. The average molecular weight is 209 g/mol. The molecule has 3 rings (SSSR count). The van der Waals surface area contributed by atoms with Gasteiger partial charge in [-0.15, -0.1) is 0 Å². The Morgan fingerprint density at radius 1 is 0.750 bits per heavy atom. The summed E-state index contributed by atoms with van der Waals surface area (Å²) in [6.45, 7) is 0. The standard InChI is InChI=1S/C15H15N/c16-13-8-6-12(7-9-13)15-10-14(15)11-4-2-1-3-5-11/h1-9,14-15H,10,16H2/t14-,15-/m0/s1. The Morgan fingerprint density at radius 2 is 1.31 bits per heavy atom. The van der Waals surface area contributed by atoms with Crippen molar-refractivity contribution < 1.29 is 0 Å². The lowest BCUT2D eigenvalue weighted by atomic mass is 10.0. The van der Waals surface area contributed by atoms with Gasteiger partial charge in [0.15, 0.2) is 0 Å². The van der Waals surface area contributed by atoms with Gasteiger partial charge in [-0.2, -0.15) is 0 Å². The predicted octanol–water partition coefficient (Wildman–Crippen LogP) is 3.54. The molecule has 0 unspecified atom stereocenters. The van der Waals surface area contributed by atoms with E-state index in [1.54, 1.807) is 0 Å². The minimum atomic E-state index is 0.697. The van der Waals surface area contributed by atoms with E-state index in [1.165, 1.54) is 17.5 Å². The lowest BCUT2D eigenvalue weighted by Gasteiger charge is -2.01. The molecule has 16 heavy (non-hydrogen) atoms. The minimum Gasteiger partial charge on any atom is -0.399 e. The van der Waals surface area contributed by atoms with E-state index >= 15 is 0 Å². The highest BCUT2D eigenvalue weighted by Gasteiger charge is 2.38. The molecule has 1 aliphatic carbocycles. The van der Waals surface area contributed by atoms with Crippen LogP contribution in [0.2, 0.25) is 0 Å². The van der Waals surface area contributed by atoms with Gasteiger partial charge in [-0.1, -0.05) is 42.5 Å². The molecular weight excluding hydrogens is 194 g/mol. The van der Waals surface area contributed by atoms with Gasteiger partial charge in [0.05, 0.1) is 0 Å². The van der Waals surface area contributed by atoms with Crippen LogP contribution in [0.3, 0.4) is 0 Å². The minimum absolute atomic E-state index is 0.697. The Kier molecular flexibility index (Phi) is 2.17. The fraction of sp³-hybridized carbons (Fsp3) is 0.200. The third kappa shape index (κ3) is 1.69. The Bertz CT molecular complexity index is 473. The van der Waals surface area contributed by atoms with Crippen LogP contribution in [0.1, 0.15) is 29.4 Å². The zero-order valence-corrected chi connectivity index (χ0v) is 9.14. The number of rotatable bonds is 2. The van der Waals surface area contributed by atoms with Crippen molar-refractivity contribution in [1.82, 2.24) is 0 Å². The monoisotopic (exact) mass is 209 g/mol. The normalized spacial score (nSPS) is 23.0. The fourth-order valence-corrected chi connectivity index (χ4v) is 2.38. The first kappa shape index (κ1) is 9.46. The Hall–Kier alpha value is -1.76. The second kappa shape index (κ2) is 3.67. The van der Waals surface area contributed by atoms with Crippen LogP contribution in [-0.4, -0.2) is 0 Å². The van der Waals surface area contributed by atoms with E-state index < -0.39 is 0 Å². The number of nitrogen functional groups attached to an aromatic ring is 1. The van der Waals surface area contributed by atoms with E-state index in [-0.39, 0.29) is 0 Å². The van der Waals surface area contributed by atoms with Crippen LogP contribution >= 0.6 is 0 Å². The molecule has 2 aromatic carbocycles. The first-order valence-electron chi connectivity index (χ1n) is 5.75. The quantitative estimate of drug-likeness (QED) is 0.752. The van der Waals surface area contributed by atoms with Crippen LogP contribution in [0.25, 0.3) is 0 Å². The van der Waals surface area contributed by atoms with Crippen LogP contribution < -0.4 is 5.73 Å². The first-order valence-corrected chi connectivity index (χ1v) is 5.75. The van der Waals surface area contributed by atoms with Crippen molar-refractivity contribution >= 4 is 5.69 Å². The lowest BCUT2D eigenvalue weighted by molar-refractivity contribution is 1.03. The molecule has 1 nitrogen and oxygen atoms in total. The lowest BCUT2D eigenvalue weighted by Crippen LogP contribution is -1.87. The van der Waals surface area contributed by atoms with Gasteiger partial charge in [-0.25, -0.2) is 0 Å². The summed E-state index contributed by atoms with van der Waals surface area (Å²) in [6.07, 6.45) is 1.27. The Labute approximate surface area is 95.9 Å². The van der Waals surface area contributed by atoms with Crippen molar-refractivity contribution in [3.63, 3.8) is 0 Å². The average Bonchev–Trinajstić information content (AvgIpc) is 3.11. The molecule has 2 aromatic rings. The highest BCUT2D eigenvalue weighted by atomic mass is 14.5. The summed E-state index contributed by atoms with van der Waals surface area (Å²) in [7, 11) is 0. The largest absolute Gasteiger partial charge is 0.399 e. The van der Waals surface area contributed by atoms with Gasteiger partial charge < -0.3 is 5.73 Å². The molecule has 0 bridgehead atoms. The first-order chi connectivity index (χ1) is 7.84. The fourth-order valence-electron chi connectivity index (χ4n) is 2.38. The summed E-state index contributed by atoms with van der Waals surface area (Å²) in [5, 5.41) is 0. The zero-order chi connectivity index (χ0) is 11.0. The number of benzene rings is 2. The molecule has 1 heteroatoms. The number of hydrogen-bond acceptors (Lipinski definition) is 1. The molecule has 2 atom stereocenters. The third-order valence-corrected chi connectivity index (χ3v) is 3.38. The summed E-state index contributed by atoms with van der Waals surface area (Å²) >= 11 is 0. The van der Waals surface area contributed by atoms with E-state index in [4.69, 9.17) is 5.73 Å². The van der Waals surface area contributed by atoms with Gasteiger partial charge in [0.2, 0.25) is 0 Å². The molecule has 0 saturated heterocycles. The molecule has 1 fully saturated rings. The maximum atomic E-state index is 5.69. The maximum absolute atomic E-state index is 5.69. The molecule has 0 radical (unpaired) electrons. The SMILES string of the molecule is Nc1ccc([C@@H]2C[C@H]2c2ccccc2)cc1. The predicted molar refractivity (Wildman–Crippen MR) is 67.4 cm³/mol. The molecule has 0 aromatic heterocycles. The second-order valence-corrected chi connectivity index (χ2v) is 4.53. The highest BCUT2D eigenvalue weighted by Crippen LogP contribution is 2.54. The van der Waals surface area contributed by atoms with E-state index in [9.17, 15) is 0 Å². The summed E-state index contributed by atoms with van der Waals surface area (Å²) < 4.78 is 0. The van der Waals surface area contributed by atoms with Crippen molar-refractivity contribution in [2.45, 2.75) is 18.3 Å². The van der Waals surface area contributed by atoms with E-state index in [2.05, 4.69) is 42.5 Å². The maximum Gasteiger partial charge on any atom is 0.0314 e. The van der Waals surface area contributed by atoms with Gasteiger partial charge >= 0.3 is 0 Å². The van der Waals surface area contributed by atoms with Crippen molar-refractivity contribution in [3.8, 4) is 0 Å². The molecule has 0 aliphatic heterocycles. The summed E-state index contributed by atoms with van der Waals surface area (Å²) in [5.41, 5.74) is 9.42. The molecule has 1 saturated carbocycles. The van der Waals surface area contributed by atoms with Crippen molar-refractivity contribution in [1.29, 1.82) is 0 Å². The van der Waals surface area contributed by atoms with Gasteiger partial charge in [-0.05, 0) is 41.5 Å². The topological polar surface area (TPSA) is 26.0 Å². The van der Waals surface area contributed by atoms with E-state index in [0.717, 1.165) is 5.69 Å². The van der Waals surface area contributed by atoms with E-state index in [1.807, 2.05) is 12.1 Å². The van der Waals surface area contributed by atoms with E-state index in [0.29, 0.717) is 11.8 Å². The van der Waals surface area contributed by atoms with Gasteiger partial charge in [-0.3, -0.25) is 0 Å². The summed E-state index contributed by atoms with van der Waals surface area (Å²) in [6, 6.07) is 19.1. The van der Waals surface area contributed by atoms with Crippen molar-refractivity contribution in [2.75, 3.05) is 5.73 Å². The Morgan fingerprint density at radius 3 is 1.94 bits per heavy atom. The van der Waals surface area contributed by atoms with Crippen LogP contribution in [-0.2, 0) is 0 Å². The summed E-state index contributed by atoms with van der Waals surface area (Å²) in [5.74, 6) is 1.41. The van der Waals surface area contributed by atoms with Crippen molar-refractivity contribution in [2.24, 2.45) is 0 Å². The molecule has 0 spiro atoms. The van der Waals surface area contributed by atoms with Crippen molar-refractivity contribution in [3.05, 3.63) is 65.7 Å². The molecule has 0 amide bonds. The molecule has 2 N–H and O–H groups in total. The van der Waals surface area contributed by atoms with Gasteiger partial charge in [0, 0.05) is 5.69 Å². The van der Waals surface area contributed by atoms with Crippen LogP contribution in [0.5, 0.6) is 0 Å². The number of anilines is 1. The van der Waals surface area contributed by atoms with Crippen LogP contribution in [0, 0.1) is 0 Å². The Balaban J connectivity index is 1.79. The smallest absolute Gasteiger partial charge is 0.0314 e. The summed E-state index contributed by atoms with van der Waals surface area (Å²) in [4.78, 5) is 0. The molecule has 80 valence electrons. The van der Waals surface area contributed by atoms with Gasteiger partial charge in [0.1, 0.15) is 0 Å². The van der Waals surface area contributed by atoms with Crippen LogP contribution in [0.4, 0.5) is 5.69 Å². The molecular formula is C15H15N. The molecule has 0 heterocycles. The number of nitrogens with two attached hydrogens (primary N) is 1. The third-order valence-electron chi connectivity index (χ3n) is 3.38. The molecule has 1 aliphatic rings. The highest BCUT2D eigenvalue weighted by molar-refractivity contribution is 5.43. The zero-order valence-electron chi connectivity index (χ0n) is 9.14.